The number of ether oxygens (including phenoxy) is 2. The minimum atomic E-state index is -0.812. The molecule has 0 aliphatic carbocycles. The number of carbonyl (C=O) groups excluding carboxylic acids is 2. The van der Waals surface area contributed by atoms with Crippen LogP contribution in [0.1, 0.15) is 41.5 Å². The van der Waals surface area contributed by atoms with Crippen LogP contribution in [0.3, 0.4) is 0 Å². The second kappa shape index (κ2) is 6.89. The highest BCUT2D eigenvalue weighted by Crippen LogP contribution is 2.20. The molecule has 0 rings (SSSR count). The summed E-state index contributed by atoms with van der Waals surface area (Å²) in [7, 11) is 0. The Morgan fingerprint density at radius 2 is 1.71 bits per heavy atom. The fourth-order valence-corrected chi connectivity index (χ4v) is 1.22. The summed E-state index contributed by atoms with van der Waals surface area (Å²) in [4.78, 5) is 23.0. The number of hydrogen-bond acceptors (Lipinski definition) is 5. The Hall–Kier alpha value is -0.710. The van der Waals surface area contributed by atoms with E-state index in [0.717, 1.165) is 11.8 Å². The van der Waals surface area contributed by atoms with E-state index in [9.17, 15) is 9.59 Å². The van der Waals surface area contributed by atoms with Crippen molar-refractivity contribution in [3.63, 3.8) is 0 Å². The Kier molecular flexibility index (Phi) is 6.60. The second-order valence-electron chi connectivity index (χ2n) is 5.07. The molecule has 0 aromatic heterocycles. The number of esters is 1. The Bertz CT molecular complexity index is 268. The van der Waals surface area contributed by atoms with Gasteiger partial charge in [0.05, 0.1) is 5.41 Å². The van der Waals surface area contributed by atoms with Crippen LogP contribution >= 0.6 is 11.8 Å². The van der Waals surface area contributed by atoms with Crippen LogP contribution in [0.5, 0.6) is 0 Å². The van der Waals surface area contributed by atoms with E-state index in [2.05, 4.69) is 0 Å². The van der Waals surface area contributed by atoms with Gasteiger partial charge in [-0.3, -0.25) is 4.79 Å². The van der Waals surface area contributed by atoms with Gasteiger partial charge in [0.25, 0.3) is 6.29 Å². The SMILES string of the molecule is CCSC(=O)OC(OC(=O)C(C)(C)C)C(C)C. The molecular formula is C12H22O4S. The normalized spacial score (nSPS) is 13.4. The predicted octanol–water partition coefficient (Wildman–Crippen LogP) is 3.45. The van der Waals surface area contributed by atoms with E-state index in [1.807, 2.05) is 20.8 Å². The average molecular weight is 262 g/mol. The molecule has 4 nitrogen and oxygen atoms in total. The van der Waals surface area contributed by atoms with Gasteiger partial charge in [-0.2, -0.15) is 0 Å². The summed E-state index contributed by atoms with van der Waals surface area (Å²) in [6, 6.07) is 0. The van der Waals surface area contributed by atoms with Crippen molar-refractivity contribution in [2.24, 2.45) is 11.3 Å². The summed E-state index contributed by atoms with van der Waals surface area (Å²) in [6.45, 7) is 10.8. The smallest absolute Gasteiger partial charge is 0.370 e. The van der Waals surface area contributed by atoms with E-state index in [-0.39, 0.29) is 11.9 Å². The fourth-order valence-electron chi connectivity index (χ4n) is 0.825. The van der Waals surface area contributed by atoms with Crippen molar-refractivity contribution >= 4 is 23.0 Å². The summed E-state index contributed by atoms with van der Waals surface area (Å²) in [5.41, 5.74) is -0.600. The molecule has 1 unspecified atom stereocenters. The largest absolute Gasteiger partial charge is 0.424 e. The first kappa shape index (κ1) is 16.3. The average Bonchev–Trinajstić information content (AvgIpc) is 2.15. The van der Waals surface area contributed by atoms with Crippen LogP contribution in [0.25, 0.3) is 0 Å². The fraction of sp³-hybridized carbons (Fsp3) is 0.833. The van der Waals surface area contributed by atoms with Crippen molar-refractivity contribution in [3.8, 4) is 0 Å². The van der Waals surface area contributed by atoms with Crippen LogP contribution in [0.2, 0.25) is 0 Å². The van der Waals surface area contributed by atoms with Crippen LogP contribution in [-0.2, 0) is 14.3 Å². The second-order valence-corrected chi connectivity index (χ2v) is 6.27. The standard InChI is InChI=1S/C12H22O4S/c1-7-17-11(14)16-9(8(2)3)15-10(13)12(4,5)6/h8-9H,7H2,1-6H3. The molecule has 0 aromatic rings. The molecule has 0 aliphatic rings. The summed E-state index contributed by atoms with van der Waals surface area (Å²) < 4.78 is 10.3. The quantitative estimate of drug-likeness (QED) is 0.573. The highest BCUT2D eigenvalue weighted by molar-refractivity contribution is 8.13. The molecule has 0 radical (unpaired) electrons. The summed E-state index contributed by atoms with van der Waals surface area (Å²) in [5.74, 6) is 0.199. The third-order valence-corrected chi connectivity index (χ3v) is 2.48. The molecule has 0 aromatic carbocycles. The lowest BCUT2D eigenvalue weighted by molar-refractivity contribution is -0.182. The zero-order valence-corrected chi connectivity index (χ0v) is 12.2. The van der Waals surface area contributed by atoms with E-state index in [4.69, 9.17) is 9.47 Å². The van der Waals surface area contributed by atoms with Gasteiger partial charge in [0.1, 0.15) is 0 Å². The lowest BCUT2D eigenvalue weighted by Gasteiger charge is -2.25. The van der Waals surface area contributed by atoms with Crippen LogP contribution < -0.4 is 0 Å². The molecule has 5 heteroatoms. The molecular weight excluding hydrogens is 240 g/mol. The first-order valence-electron chi connectivity index (χ1n) is 5.73. The Labute approximate surface area is 107 Å². The van der Waals surface area contributed by atoms with Crippen molar-refractivity contribution in [1.29, 1.82) is 0 Å². The van der Waals surface area contributed by atoms with E-state index in [1.165, 1.54) is 0 Å². The first-order chi connectivity index (χ1) is 7.68. The molecule has 1 atom stereocenters. The van der Waals surface area contributed by atoms with Crippen LogP contribution in [0.15, 0.2) is 0 Å². The summed E-state index contributed by atoms with van der Waals surface area (Å²) in [6.07, 6.45) is -0.812. The third-order valence-electron chi connectivity index (χ3n) is 1.85. The molecule has 0 amide bonds. The molecule has 17 heavy (non-hydrogen) atoms. The topological polar surface area (TPSA) is 52.6 Å². The summed E-state index contributed by atoms with van der Waals surface area (Å²) in [5, 5.41) is -0.409. The van der Waals surface area contributed by atoms with Crippen molar-refractivity contribution in [2.45, 2.75) is 47.8 Å². The minimum Gasteiger partial charge on any atom is -0.424 e. The van der Waals surface area contributed by atoms with Crippen LogP contribution in [0, 0.1) is 11.3 Å². The zero-order chi connectivity index (χ0) is 13.6. The van der Waals surface area contributed by atoms with Crippen molar-refractivity contribution in [1.82, 2.24) is 0 Å². The molecule has 0 heterocycles. The van der Waals surface area contributed by atoms with Crippen molar-refractivity contribution in [3.05, 3.63) is 0 Å². The molecule has 100 valence electrons. The molecule has 0 fully saturated rings. The van der Waals surface area contributed by atoms with Gasteiger partial charge >= 0.3 is 11.3 Å². The Balaban J connectivity index is 4.45. The lowest BCUT2D eigenvalue weighted by Crippen LogP contribution is -2.33. The van der Waals surface area contributed by atoms with Crippen LogP contribution in [0.4, 0.5) is 4.79 Å². The van der Waals surface area contributed by atoms with Gasteiger partial charge in [0, 0.05) is 11.7 Å². The lowest BCUT2D eigenvalue weighted by atomic mass is 9.97. The van der Waals surface area contributed by atoms with E-state index in [0.29, 0.717) is 5.75 Å². The molecule has 0 bridgehead atoms. The summed E-state index contributed by atoms with van der Waals surface area (Å²) >= 11 is 1.06. The van der Waals surface area contributed by atoms with E-state index in [1.54, 1.807) is 20.8 Å². The van der Waals surface area contributed by atoms with Gasteiger partial charge in [-0.15, -0.1) is 0 Å². The van der Waals surface area contributed by atoms with E-state index >= 15 is 0 Å². The van der Waals surface area contributed by atoms with Gasteiger partial charge in [0.15, 0.2) is 0 Å². The molecule has 0 saturated carbocycles. The maximum absolute atomic E-state index is 11.7. The number of carbonyl (C=O) groups is 2. The number of thioether (sulfide) groups is 1. The van der Waals surface area contributed by atoms with Gasteiger partial charge < -0.3 is 9.47 Å². The van der Waals surface area contributed by atoms with Crippen LogP contribution in [-0.4, -0.2) is 23.3 Å². The maximum Gasteiger partial charge on any atom is 0.370 e. The van der Waals surface area contributed by atoms with Gasteiger partial charge in [0.2, 0.25) is 0 Å². The van der Waals surface area contributed by atoms with Gasteiger partial charge in [-0.1, -0.05) is 20.8 Å². The first-order valence-corrected chi connectivity index (χ1v) is 6.71. The molecule has 0 saturated heterocycles. The van der Waals surface area contributed by atoms with Gasteiger partial charge in [-0.05, 0) is 32.5 Å². The Morgan fingerprint density at radius 3 is 2.06 bits per heavy atom. The van der Waals surface area contributed by atoms with Crippen molar-refractivity contribution < 1.29 is 19.1 Å². The highest BCUT2D eigenvalue weighted by Gasteiger charge is 2.29. The Morgan fingerprint density at radius 1 is 1.18 bits per heavy atom. The zero-order valence-electron chi connectivity index (χ0n) is 11.4. The number of hydrogen-bond donors (Lipinski definition) is 0. The van der Waals surface area contributed by atoms with Gasteiger partial charge in [-0.25, -0.2) is 4.79 Å². The molecule has 0 aliphatic heterocycles. The monoisotopic (exact) mass is 262 g/mol. The highest BCUT2D eigenvalue weighted by atomic mass is 32.2. The predicted molar refractivity (Wildman–Crippen MR) is 68.8 cm³/mol. The maximum atomic E-state index is 11.7. The molecule has 0 spiro atoms. The van der Waals surface area contributed by atoms with Crippen molar-refractivity contribution in [2.75, 3.05) is 5.75 Å². The number of rotatable bonds is 4. The minimum absolute atomic E-state index is 0.0669. The van der Waals surface area contributed by atoms with E-state index < -0.39 is 17.0 Å². The third kappa shape index (κ3) is 6.56. The molecule has 0 N–H and O–H groups in total.